The van der Waals surface area contributed by atoms with E-state index in [9.17, 15) is 4.79 Å². The van der Waals surface area contributed by atoms with Crippen LogP contribution in [0.15, 0.2) is 11.6 Å². The number of hydrogen-bond acceptors (Lipinski definition) is 5. The van der Waals surface area contributed by atoms with Gasteiger partial charge in [0.05, 0.1) is 23.9 Å². The van der Waals surface area contributed by atoms with Crippen LogP contribution in [0.25, 0.3) is 0 Å². The first-order valence-electron chi connectivity index (χ1n) is 12.5. The summed E-state index contributed by atoms with van der Waals surface area (Å²) in [5.41, 5.74) is 1.14. The van der Waals surface area contributed by atoms with Crippen molar-refractivity contribution < 1.29 is 19.0 Å². The van der Waals surface area contributed by atoms with E-state index in [1.165, 1.54) is 31.3 Å². The van der Waals surface area contributed by atoms with Crippen molar-refractivity contribution in [3.8, 4) is 0 Å². The predicted octanol–water partition coefficient (Wildman–Crippen LogP) is 4.13. The van der Waals surface area contributed by atoms with Crippen LogP contribution in [0.1, 0.15) is 72.1 Å². The average Bonchev–Trinajstić information content (AvgIpc) is 3.59. The number of epoxide rings is 2. The monoisotopic (exact) mass is 432 g/mol. The molecule has 0 N–H and O–H groups in total. The van der Waals surface area contributed by atoms with E-state index < -0.39 is 0 Å². The first-order chi connectivity index (χ1) is 14.9. The van der Waals surface area contributed by atoms with Gasteiger partial charge >= 0.3 is 6.09 Å². The number of carbonyl (C=O) groups excluding carboxylic acids is 1. The Morgan fingerprint density at radius 1 is 1.13 bits per heavy atom. The van der Waals surface area contributed by atoms with Gasteiger partial charge in [-0.05, 0) is 59.3 Å². The zero-order valence-electron chi connectivity index (χ0n) is 19.6. The van der Waals surface area contributed by atoms with E-state index in [1.807, 2.05) is 4.90 Å². The van der Waals surface area contributed by atoms with Crippen molar-refractivity contribution in [2.24, 2.45) is 5.92 Å². The van der Waals surface area contributed by atoms with Gasteiger partial charge < -0.3 is 19.1 Å². The molecule has 0 unspecified atom stereocenters. The van der Waals surface area contributed by atoms with Crippen LogP contribution in [0.2, 0.25) is 0 Å². The zero-order valence-corrected chi connectivity index (χ0v) is 19.6. The molecule has 0 radical (unpaired) electrons. The molecule has 31 heavy (non-hydrogen) atoms. The third-order valence-electron chi connectivity index (χ3n) is 8.63. The van der Waals surface area contributed by atoms with Gasteiger partial charge in [0.2, 0.25) is 0 Å². The SMILES string of the molecule is CC(C)=CC[C@H]1O[C@]1(C)[C@H]1C[C@H](OC(=O)N2CCN(C3CCCC3)CC2)CC[C@]12CO2. The summed E-state index contributed by atoms with van der Waals surface area (Å²) in [4.78, 5) is 17.4. The number of ether oxygens (including phenoxy) is 3. The molecule has 3 heterocycles. The Hall–Kier alpha value is -1.11. The second-order valence-electron chi connectivity index (χ2n) is 11.0. The molecular formula is C25H40N2O4. The van der Waals surface area contributed by atoms with Gasteiger partial charge in [0.1, 0.15) is 6.10 Å². The summed E-state index contributed by atoms with van der Waals surface area (Å²) in [5.74, 6) is 0.307. The molecule has 5 aliphatic rings. The highest BCUT2D eigenvalue weighted by Gasteiger charge is 2.68. The third-order valence-corrected chi connectivity index (χ3v) is 8.63. The fourth-order valence-corrected chi connectivity index (χ4v) is 6.44. The largest absolute Gasteiger partial charge is 0.446 e. The number of piperazine rings is 1. The maximum absolute atomic E-state index is 12.9. The lowest BCUT2D eigenvalue weighted by atomic mass is 9.70. The molecule has 0 bridgehead atoms. The molecule has 6 heteroatoms. The quantitative estimate of drug-likeness (QED) is 0.483. The molecule has 0 aromatic heterocycles. The average molecular weight is 433 g/mol. The molecule has 3 aliphatic heterocycles. The normalized spacial score (nSPS) is 40.7. The van der Waals surface area contributed by atoms with Gasteiger partial charge in [0, 0.05) is 38.1 Å². The molecule has 0 aromatic rings. The molecule has 2 saturated carbocycles. The van der Waals surface area contributed by atoms with E-state index in [0.29, 0.717) is 5.92 Å². The topological polar surface area (TPSA) is 57.8 Å². The van der Waals surface area contributed by atoms with Gasteiger partial charge in [0.15, 0.2) is 0 Å². The highest BCUT2D eigenvalue weighted by atomic mass is 16.6. The van der Waals surface area contributed by atoms with E-state index in [4.69, 9.17) is 14.2 Å². The summed E-state index contributed by atoms with van der Waals surface area (Å²) in [6.45, 7) is 10.9. The number of amides is 1. The smallest absolute Gasteiger partial charge is 0.410 e. The molecule has 1 amide bonds. The first kappa shape index (κ1) is 21.7. The molecule has 3 saturated heterocycles. The predicted molar refractivity (Wildman–Crippen MR) is 119 cm³/mol. The molecular weight excluding hydrogens is 392 g/mol. The van der Waals surface area contributed by atoms with Crippen molar-refractivity contribution in [1.29, 1.82) is 0 Å². The summed E-state index contributed by atoms with van der Waals surface area (Å²) in [6.07, 6.45) is 11.4. The first-order valence-corrected chi connectivity index (χ1v) is 12.5. The van der Waals surface area contributed by atoms with Gasteiger partial charge in [0.25, 0.3) is 0 Å². The van der Waals surface area contributed by atoms with Gasteiger partial charge in [-0.25, -0.2) is 4.79 Å². The molecule has 2 aliphatic carbocycles. The minimum absolute atomic E-state index is 0.0229. The summed E-state index contributed by atoms with van der Waals surface area (Å²) < 4.78 is 18.2. The summed E-state index contributed by atoms with van der Waals surface area (Å²) in [6, 6.07) is 0.741. The van der Waals surface area contributed by atoms with Crippen LogP contribution < -0.4 is 0 Å². The van der Waals surface area contributed by atoms with E-state index in [-0.39, 0.29) is 29.5 Å². The number of allylic oxidation sites excluding steroid dienone is 1. The van der Waals surface area contributed by atoms with E-state index in [1.54, 1.807) is 0 Å². The number of rotatable bonds is 5. The Bertz CT molecular complexity index is 702. The molecule has 0 aromatic carbocycles. The van der Waals surface area contributed by atoms with Crippen LogP contribution in [-0.2, 0) is 14.2 Å². The molecule has 5 rings (SSSR count). The Morgan fingerprint density at radius 3 is 2.48 bits per heavy atom. The van der Waals surface area contributed by atoms with Crippen LogP contribution >= 0.6 is 0 Å². The lowest BCUT2D eigenvalue weighted by molar-refractivity contribution is -0.0153. The molecule has 5 fully saturated rings. The minimum atomic E-state index is -0.152. The summed E-state index contributed by atoms with van der Waals surface area (Å²) >= 11 is 0. The van der Waals surface area contributed by atoms with Crippen molar-refractivity contribution in [2.75, 3.05) is 32.8 Å². The molecule has 1 spiro atoms. The van der Waals surface area contributed by atoms with E-state index in [2.05, 4.69) is 31.7 Å². The molecule has 174 valence electrons. The van der Waals surface area contributed by atoms with Crippen LogP contribution in [0.4, 0.5) is 4.79 Å². The number of hydrogen-bond donors (Lipinski definition) is 0. The molecule has 5 atom stereocenters. The summed E-state index contributed by atoms with van der Waals surface area (Å²) in [7, 11) is 0. The van der Waals surface area contributed by atoms with E-state index >= 15 is 0 Å². The van der Waals surface area contributed by atoms with Crippen LogP contribution in [0.5, 0.6) is 0 Å². The van der Waals surface area contributed by atoms with Crippen LogP contribution in [-0.4, -0.2) is 78.1 Å². The lowest BCUT2D eigenvalue weighted by Crippen LogP contribution is -2.52. The Kier molecular flexibility index (Phi) is 5.85. The van der Waals surface area contributed by atoms with Gasteiger partial charge in [-0.2, -0.15) is 0 Å². The standard InChI is InChI=1S/C25H40N2O4/c1-18(2)8-9-22-24(3,31-22)21-16-20(10-11-25(21)17-29-25)30-23(28)27-14-12-26(13-15-27)19-6-4-5-7-19/h8,19-22H,4-7,9-17H2,1-3H3/t20-,21-,22-,24-,25+/m1/s1. The van der Waals surface area contributed by atoms with Crippen molar-refractivity contribution in [2.45, 2.75) is 102 Å². The fourth-order valence-electron chi connectivity index (χ4n) is 6.44. The van der Waals surface area contributed by atoms with Crippen molar-refractivity contribution in [3.63, 3.8) is 0 Å². The van der Waals surface area contributed by atoms with Crippen LogP contribution in [0, 0.1) is 5.92 Å². The Balaban J connectivity index is 1.14. The van der Waals surface area contributed by atoms with Gasteiger partial charge in [-0.1, -0.05) is 24.5 Å². The second-order valence-corrected chi connectivity index (χ2v) is 11.0. The zero-order chi connectivity index (χ0) is 21.6. The highest BCUT2D eigenvalue weighted by Crippen LogP contribution is 2.59. The summed E-state index contributed by atoms with van der Waals surface area (Å²) in [5, 5.41) is 0. The third kappa shape index (κ3) is 4.40. The Labute approximate surface area is 187 Å². The van der Waals surface area contributed by atoms with Crippen molar-refractivity contribution in [3.05, 3.63) is 11.6 Å². The van der Waals surface area contributed by atoms with Gasteiger partial charge in [-0.15, -0.1) is 0 Å². The highest BCUT2D eigenvalue weighted by molar-refractivity contribution is 5.68. The number of carbonyl (C=O) groups is 1. The van der Waals surface area contributed by atoms with Crippen molar-refractivity contribution >= 4 is 6.09 Å². The van der Waals surface area contributed by atoms with E-state index in [0.717, 1.165) is 64.5 Å². The fraction of sp³-hybridized carbons (Fsp3) is 0.880. The molecule has 6 nitrogen and oxygen atoms in total. The lowest BCUT2D eigenvalue weighted by Gasteiger charge is -2.40. The Morgan fingerprint density at radius 2 is 1.84 bits per heavy atom. The van der Waals surface area contributed by atoms with Gasteiger partial charge in [-0.3, -0.25) is 4.90 Å². The van der Waals surface area contributed by atoms with Crippen LogP contribution in [0.3, 0.4) is 0 Å². The van der Waals surface area contributed by atoms with Crippen molar-refractivity contribution in [1.82, 2.24) is 9.80 Å². The number of nitrogens with zero attached hydrogens (tertiary/aromatic N) is 2. The maximum Gasteiger partial charge on any atom is 0.410 e. The maximum atomic E-state index is 12.9. The minimum Gasteiger partial charge on any atom is -0.446 e. The second kappa shape index (κ2) is 8.35.